The maximum absolute atomic E-state index is 13.6. The zero-order valence-electron chi connectivity index (χ0n) is 20.0. The van der Waals surface area contributed by atoms with Gasteiger partial charge in [0.15, 0.2) is 0 Å². The van der Waals surface area contributed by atoms with Gasteiger partial charge in [-0.05, 0) is 74.3 Å². The van der Waals surface area contributed by atoms with Crippen LogP contribution in [0, 0.1) is 34.5 Å². The molecule has 5 heteroatoms. The molecule has 1 unspecified atom stereocenters. The predicted molar refractivity (Wildman–Crippen MR) is 124 cm³/mol. The fraction of sp³-hybridized carbons (Fsp3) is 0.667. The fourth-order valence-corrected chi connectivity index (χ4v) is 8.28. The molecule has 0 bridgehead atoms. The van der Waals surface area contributed by atoms with Gasteiger partial charge in [-0.25, -0.2) is 0 Å². The van der Waals surface area contributed by atoms with E-state index in [2.05, 4.69) is 31.1 Å². The number of piperidine rings is 1. The van der Waals surface area contributed by atoms with Crippen LogP contribution in [-0.2, 0) is 16.1 Å². The van der Waals surface area contributed by atoms with Crippen molar-refractivity contribution in [3.05, 3.63) is 41.4 Å². The Morgan fingerprint density at radius 1 is 1.19 bits per heavy atom. The van der Waals surface area contributed by atoms with Crippen LogP contribution in [0.4, 0.5) is 0 Å². The molecule has 172 valence electrons. The first-order valence-corrected chi connectivity index (χ1v) is 12.4. The summed E-state index contributed by atoms with van der Waals surface area (Å²) in [5.41, 5.74) is 3.46. The summed E-state index contributed by atoms with van der Waals surface area (Å²) in [6, 6.07) is 5.74. The molecule has 1 saturated heterocycles. The third-order valence-corrected chi connectivity index (χ3v) is 9.74. The minimum Gasteiger partial charge on any atom is -0.350 e. The number of hydrogen-bond acceptors (Lipinski definition) is 3. The van der Waals surface area contributed by atoms with E-state index in [1.54, 1.807) is 6.20 Å². The van der Waals surface area contributed by atoms with E-state index in [-0.39, 0.29) is 23.1 Å². The molecule has 2 saturated carbocycles. The number of aromatic nitrogens is 1. The van der Waals surface area contributed by atoms with Gasteiger partial charge in [-0.15, -0.1) is 0 Å². The van der Waals surface area contributed by atoms with E-state index in [1.165, 1.54) is 31.3 Å². The Morgan fingerprint density at radius 2 is 2.00 bits per heavy atom. The lowest BCUT2D eigenvalue weighted by molar-refractivity contribution is -0.151. The number of carbonyl (C=O) groups is 2. The first kappa shape index (κ1) is 21.7. The largest absolute Gasteiger partial charge is 0.350 e. The molecule has 2 amide bonds. The third kappa shape index (κ3) is 3.14. The van der Waals surface area contributed by atoms with Crippen molar-refractivity contribution < 1.29 is 9.59 Å². The first-order chi connectivity index (χ1) is 15.3. The Morgan fingerprint density at radius 3 is 2.75 bits per heavy atom. The summed E-state index contributed by atoms with van der Waals surface area (Å²) in [6.45, 7) is 7.42. The SMILES string of the molecule is CC1=C2N(C)C(=O)CC(C(=O)NCc3ccccn3)[C@]2(C)[C@@H]2CC[C@]3(C)CCC[C@H]3[C@@H]2C1. The molecule has 1 N–H and O–H groups in total. The lowest BCUT2D eigenvalue weighted by atomic mass is 9.46. The quantitative estimate of drug-likeness (QED) is 0.749. The van der Waals surface area contributed by atoms with Crippen molar-refractivity contribution in [1.82, 2.24) is 15.2 Å². The monoisotopic (exact) mass is 435 g/mol. The summed E-state index contributed by atoms with van der Waals surface area (Å²) >= 11 is 0. The van der Waals surface area contributed by atoms with E-state index < -0.39 is 0 Å². The van der Waals surface area contributed by atoms with E-state index in [1.807, 2.05) is 30.1 Å². The summed E-state index contributed by atoms with van der Waals surface area (Å²) < 4.78 is 0. The van der Waals surface area contributed by atoms with Crippen molar-refractivity contribution >= 4 is 11.8 Å². The van der Waals surface area contributed by atoms with Gasteiger partial charge < -0.3 is 10.2 Å². The van der Waals surface area contributed by atoms with Crippen LogP contribution in [-0.4, -0.2) is 28.7 Å². The second kappa shape index (κ2) is 7.71. The number of carbonyl (C=O) groups excluding carboxylic acids is 2. The van der Waals surface area contributed by atoms with Crippen molar-refractivity contribution in [2.24, 2.45) is 34.5 Å². The highest BCUT2D eigenvalue weighted by Gasteiger charge is 2.62. The Kier molecular flexibility index (Phi) is 5.22. The number of amides is 2. The molecule has 2 heterocycles. The lowest BCUT2D eigenvalue weighted by Crippen LogP contribution is -2.60. The zero-order chi connectivity index (χ0) is 22.7. The van der Waals surface area contributed by atoms with Crippen LogP contribution in [0.1, 0.15) is 71.4 Å². The zero-order valence-corrected chi connectivity index (χ0v) is 20.0. The molecule has 0 aromatic carbocycles. The molecule has 0 spiro atoms. The Hall–Kier alpha value is -2.17. The highest BCUT2D eigenvalue weighted by Crippen LogP contribution is 2.66. The van der Waals surface area contributed by atoms with Gasteiger partial charge in [-0.2, -0.15) is 0 Å². The van der Waals surface area contributed by atoms with Crippen LogP contribution >= 0.6 is 0 Å². The Labute approximate surface area is 192 Å². The van der Waals surface area contributed by atoms with Crippen molar-refractivity contribution in [3.63, 3.8) is 0 Å². The number of nitrogens with zero attached hydrogens (tertiary/aromatic N) is 2. The molecule has 5 nitrogen and oxygen atoms in total. The van der Waals surface area contributed by atoms with Crippen LogP contribution in [0.3, 0.4) is 0 Å². The molecule has 6 atom stereocenters. The van der Waals surface area contributed by atoms with Crippen LogP contribution in [0.2, 0.25) is 0 Å². The number of allylic oxidation sites excluding steroid dienone is 2. The first-order valence-electron chi connectivity index (χ1n) is 12.4. The molecule has 32 heavy (non-hydrogen) atoms. The number of nitrogens with one attached hydrogen (secondary N) is 1. The fourth-order valence-electron chi connectivity index (χ4n) is 8.28. The minimum absolute atomic E-state index is 0.00492. The third-order valence-electron chi connectivity index (χ3n) is 9.74. The van der Waals surface area contributed by atoms with Gasteiger partial charge in [0, 0.05) is 30.8 Å². The molecule has 3 fully saturated rings. The van der Waals surface area contributed by atoms with Crippen molar-refractivity contribution in [2.45, 2.75) is 72.3 Å². The number of fused-ring (bicyclic) bond motifs is 5. The Balaban J connectivity index is 1.50. The standard InChI is InChI=1S/C27H37N3O2/c1-17-14-19-20-9-7-11-26(20,2)12-10-21(19)27(3)22(15-23(31)30(4)24(17)27)25(32)29-16-18-8-5-6-13-28-18/h5-6,8,13,19-22H,7,9-12,14-16H2,1-4H3,(H,29,32)/t19-,20-,21+,22?,26-,27-/m0/s1. The number of pyridine rings is 1. The van der Waals surface area contributed by atoms with Crippen LogP contribution in [0.5, 0.6) is 0 Å². The van der Waals surface area contributed by atoms with Gasteiger partial charge in [-0.1, -0.05) is 31.9 Å². The smallest absolute Gasteiger partial charge is 0.227 e. The predicted octanol–water partition coefficient (Wildman–Crippen LogP) is 4.69. The van der Waals surface area contributed by atoms with E-state index >= 15 is 0 Å². The average Bonchev–Trinajstić information content (AvgIpc) is 3.17. The molecular weight excluding hydrogens is 398 g/mol. The van der Waals surface area contributed by atoms with E-state index in [9.17, 15) is 9.59 Å². The normalized spacial score (nSPS) is 38.8. The molecule has 1 aromatic rings. The topological polar surface area (TPSA) is 62.3 Å². The van der Waals surface area contributed by atoms with Gasteiger partial charge in [-0.3, -0.25) is 14.6 Å². The van der Waals surface area contributed by atoms with Gasteiger partial charge in [0.25, 0.3) is 0 Å². The second-order valence-corrected chi connectivity index (χ2v) is 11.3. The van der Waals surface area contributed by atoms with Gasteiger partial charge in [0.05, 0.1) is 18.2 Å². The number of hydrogen-bond donors (Lipinski definition) is 1. The van der Waals surface area contributed by atoms with Crippen LogP contribution < -0.4 is 5.32 Å². The van der Waals surface area contributed by atoms with Gasteiger partial charge in [0.2, 0.25) is 11.8 Å². The molecule has 4 aliphatic rings. The van der Waals surface area contributed by atoms with E-state index in [4.69, 9.17) is 0 Å². The maximum atomic E-state index is 13.6. The summed E-state index contributed by atoms with van der Waals surface area (Å²) in [7, 11) is 1.92. The number of rotatable bonds is 3. The van der Waals surface area contributed by atoms with Gasteiger partial charge in [0.1, 0.15) is 0 Å². The summed E-state index contributed by atoms with van der Waals surface area (Å²) in [6.07, 6.45) is 9.54. The Bertz CT molecular complexity index is 957. The van der Waals surface area contributed by atoms with Crippen LogP contribution in [0.15, 0.2) is 35.7 Å². The van der Waals surface area contributed by atoms with Crippen LogP contribution in [0.25, 0.3) is 0 Å². The molecular formula is C27H37N3O2. The highest BCUT2D eigenvalue weighted by atomic mass is 16.2. The van der Waals surface area contributed by atoms with E-state index in [0.29, 0.717) is 30.2 Å². The average molecular weight is 436 g/mol. The second-order valence-electron chi connectivity index (χ2n) is 11.3. The van der Waals surface area contributed by atoms with E-state index in [0.717, 1.165) is 30.2 Å². The summed E-state index contributed by atoms with van der Waals surface area (Å²) in [5, 5.41) is 3.13. The lowest BCUT2D eigenvalue weighted by Gasteiger charge is -2.60. The van der Waals surface area contributed by atoms with Crippen molar-refractivity contribution in [1.29, 1.82) is 0 Å². The molecule has 1 aromatic heterocycles. The molecule has 0 radical (unpaired) electrons. The molecule has 5 rings (SSSR count). The van der Waals surface area contributed by atoms with Crippen molar-refractivity contribution in [3.8, 4) is 0 Å². The molecule has 3 aliphatic carbocycles. The highest BCUT2D eigenvalue weighted by molar-refractivity contribution is 5.90. The van der Waals surface area contributed by atoms with Gasteiger partial charge >= 0.3 is 0 Å². The summed E-state index contributed by atoms with van der Waals surface area (Å²) in [4.78, 5) is 32.9. The maximum Gasteiger partial charge on any atom is 0.227 e. The molecule has 1 aliphatic heterocycles. The van der Waals surface area contributed by atoms with Crippen molar-refractivity contribution in [2.75, 3.05) is 7.05 Å². The minimum atomic E-state index is -0.321. The summed E-state index contributed by atoms with van der Waals surface area (Å²) in [5.74, 6) is 1.57. The number of likely N-dealkylation sites (tertiary alicyclic amines) is 1.